The highest BCUT2D eigenvalue weighted by Gasteiger charge is 2.30. The van der Waals surface area contributed by atoms with Gasteiger partial charge in [0.1, 0.15) is 11.5 Å². The van der Waals surface area contributed by atoms with Gasteiger partial charge in [-0.05, 0) is 43.3 Å². The van der Waals surface area contributed by atoms with E-state index < -0.39 is 6.36 Å². The molecule has 0 saturated heterocycles. The van der Waals surface area contributed by atoms with Gasteiger partial charge < -0.3 is 15.2 Å². The van der Waals surface area contributed by atoms with Crippen molar-refractivity contribution in [2.45, 2.75) is 13.3 Å². The lowest BCUT2D eigenvalue weighted by molar-refractivity contribution is -0.274. The van der Waals surface area contributed by atoms with Crippen molar-refractivity contribution < 1.29 is 22.6 Å². The molecule has 2 N–H and O–H groups in total. The minimum Gasteiger partial charge on any atom is -0.437 e. The second-order valence-corrected chi connectivity index (χ2v) is 3.97. The monoisotopic (exact) mass is 284 g/mol. The molecule has 1 heterocycles. The Labute approximate surface area is 113 Å². The molecule has 0 amide bonds. The maximum absolute atomic E-state index is 12.0. The Morgan fingerprint density at radius 2 is 1.60 bits per heavy atom. The van der Waals surface area contributed by atoms with E-state index in [1.165, 1.54) is 12.1 Å². The first-order valence-corrected chi connectivity index (χ1v) is 5.60. The van der Waals surface area contributed by atoms with Crippen LogP contribution in [0.15, 0.2) is 36.4 Å². The standard InChI is InChI=1S/C13H11F3N2O2/c1-8-2-7-11(17)12(18-8)19-9-3-5-10(6-4-9)20-13(14,15)16/h2-7H,17H2,1H3. The molecule has 0 aliphatic rings. The minimum atomic E-state index is -4.72. The van der Waals surface area contributed by atoms with Gasteiger partial charge >= 0.3 is 6.36 Å². The summed E-state index contributed by atoms with van der Waals surface area (Å²) in [4.78, 5) is 4.09. The average Bonchev–Trinajstić information content (AvgIpc) is 2.34. The highest BCUT2D eigenvalue weighted by molar-refractivity contribution is 5.50. The van der Waals surface area contributed by atoms with E-state index in [0.717, 1.165) is 12.1 Å². The van der Waals surface area contributed by atoms with Crippen molar-refractivity contribution in [3.8, 4) is 17.4 Å². The van der Waals surface area contributed by atoms with Gasteiger partial charge in [0.05, 0.1) is 5.69 Å². The van der Waals surface area contributed by atoms with Crippen molar-refractivity contribution in [1.29, 1.82) is 0 Å². The quantitative estimate of drug-likeness (QED) is 0.934. The molecule has 0 unspecified atom stereocenters. The van der Waals surface area contributed by atoms with E-state index in [-0.39, 0.29) is 11.6 Å². The molecule has 0 aliphatic heterocycles. The van der Waals surface area contributed by atoms with Gasteiger partial charge in [-0.2, -0.15) is 0 Å². The van der Waals surface area contributed by atoms with E-state index in [0.29, 0.717) is 17.1 Å². The van der Waals surface area contributed by atoms with Crippen LogP contribution in [0.25, 0.3) is 0 Å². The number of benzene rings is 1. The van der Waals surface area contributed by atoms with E-state index in [1.54, 1.807) is 19.1 Å². The number of alkyl halides is 3. The molecular formula is C13H11F3N2O2. The van der Waals surface area contributed by atoms with Gasteiger partial charge in [-0.15, -0.1) is 13.2 Å². The molecule has 1 aromatic carbocycles. The van der Waals surface area contributed by atoms with Crippen molar-refractivity contribution in [2.75, 3.05) is 5.73 Å². The van der Waals surface area contributed by atoms with Crippen molar-refractivity contribution in [3.63, 3.8) is 0 Å². The van der Waals surface area contributed by atoms with Crippen molar-refractivity contribution in [2.24, 2.45) is 0 Å². The van der Waals surface area contributed by atoms with Crippen molar-refractivity contribution >= 4 is 5.69 Å². The Balaban J connectivity index is 2.13. The fraction of sp³-hybridized carbons (Fsp3) is 0.154. The summed E-state index contributed by atoms with van der Waals surface area (Å²) in [6.07, 6.45) is -4.72. The van der Waals surface area contributed by atoms with Crippen LogP contribution in [0.4, 0.5) is 18.9 Å². The van der Waals surface area contributed by atoms with E-state index >= 15 is 0 Å². The summed E-state index contributed by atoms with van der Waals surface area (Å²) in [6, 6.07) is 8.33. The van der Waals surface area contributed by atoms with Gasteiger partial charge in [0.15, 0.2) is 0 Å². The van der Waals surface area contributed by atoms with Gasteiger partial charge in [-0.25, -0.2) is 4.98 Å². The van der Waals surface area contributed by atoms with Crippen LogP contribution in [0.1, 0.15) is 5.69 Å². The van der Waals surface area contributed by atoms with E-state index in [9.17, 15) is 13.2 Å². The molecule has 0 atom stereocenters. The molecule has 4 nitrogen and oxygen atoms in total. The average molecular weight is 284 g/mol. The fourth-order valence-corrected chi connectivity index (χ4v) is 1.45. The zero-order chi connectivity index (χ0) is 14.8. The van der Waals surface area contributed by atoms with Gasteiger partial charge in [0.2, 0.25) is 5.88 Å². The largest absolute Gasteiger partial charge is 0.573 e. The summed E-state index contributed by atoms with van der Waals surface area (Å²) >= 11 is 0. The third-order valence-corrected chi connectivity index (χ3v) is 2.30. The zero-order valence-corrected chi connectivity index (χ0v) is 10.4. The predicted molar refractivity (Wildman–Crippen MR) is 66.6 cm³/mol. The topological polar surface area (TPSA) is 57.4 Å². The molecule has 0 saturated carbocycles. The van der Waals surface area contributed by atoms with Gasteiger partial charge in [0, 0.05) is 5.69 Å². The number of rotatable bonds is 3. The van der Waals surface area contributed by atoms with Crippen LogP contribution >= 0.6 is 0 Å². The second kappa shape index (κ2) is 5.28. The maximum atomic E-state index is 12.0. The molecule has 0 bridgehead atoms. The Bertz CT molecular complexity index is 598. The highest BCUT2D eigenvalue weighted by atomic mass is 19.4. The number of pyridine rings is 1. The smallest absolute Gasteiger partial charge is 0.437 e. The van der Waals surface area contributed by atoms with Crippen LogP contribution in [-0.2, 0) is 0 Å². The van der Waals surface area contributed by atoms with Crippen LogP contribution in [0.2, 0.25) is 0 Å². The van der Waals surface area contributed by atoms with Crippen molar-refractivity contribution in [3.05, 3.63) is 42.1 Å². The number of nitrogens with zero attached hydrogens (tertiary/aromatic N) is 1. The first kappa shape index (κ1) is 14.0. The molecule has 1 aromatic heterocycles. The molecule has 0 spiro atoms. The number of aromatic nitrogens is 1. The van der Waals surface area contributed by atoms with Crippen molar-refractivity contribution in [1.82, 2.24) is 4.98 Å². The Morgan fingerprint density at radius 1 is 1.00 bits per heavy atom. The number of ether oxygens (including phenoxy) is 2. The van der Waals surface area contributed by atoms with Gasteiger partial charge in [-0.1, -0.05) is 0 Å². The van der Waals surface area contributed by atoms with Gasteiger partial charge in [-0.3, -0.25) is 0 Å². The molecule has 2 aromatic rings. The molecular weight excluding hydrogens is 273 g/mol. The first-order valence-electron chi connectivity index (χ1n) is 5.60. The van der Waals surface area contributed by atoms with E-state index in [2.05, 4.69) is 9.72 Å². The number of nitrogen functional groups attached to an aromatic ring is 1. The molecule has 20 heavy (non-hydrogen) atoms. The third-order valence-electron chi connectivity index (χ3n) is 2.30. The molecule has 0 aliphatic carbocycles. The highest BCUT2D eigenvalue weighted by Crippen LogP contribution is 2.28. The lowest BCUT2D eigenvalue weighted by atomic mass is 10.3. The third kappa shape index (κ3) is 3.78. The summed E-state index contributed by atoms with van der Waals surface area (Å²) < 4.78 is 45.2. The van der Waals surface area contributed by atoms with Crippen LogP contribution in [0, 0.1) is 6.92 Å². The van der Waals surface area contributed by atoms with E-state index in [1.807, 2.05) is 0 Å². The van der Waals surface area contributed by atoms with Crippen LogP contribution < -0.4 is 15.2 Å². The minimum absolute atomic E-state index is 0.203. The Morgan fingerprint density at radius 3 is 2.20 bits per heavy atom. The van der Waals surface area contributed by atoms with Crippen LogP contribution in [0.5, 0.6) is 17.4 Å². The van der Waals surface area contributed by atoms with Crippen LogP contribution in [0.3, 0.4) is 0 Å². The van der Waals surface area contributed by atoms with Crippen LogP contribution in [-0.4, -0.2) is 11.3 Å². The number of anilines is 1. The maximum Gasteiger partial charge on any atom is 0.573 e. The second-order valence-electron chi connectivity index (χ2n) is 3.97. The SMILES string of the molecule is Cc1ccc(N)c(Oc2ccc(OC(F)(F)F)cc2)n1. The number of halogens is 3. The predicted octanol–water partition coefficient (Wildman–Crippen LogP) is 3.66. The summed E-state index contributed by atoms with van der Waals surface area (Å²) in [5.41, 5.74) is 6.74. The number of hydrogen-bond donors (Lipinski definition) is 1. The Kier molecular flexibility index (Phi) is 3.69. The Hall–Kier alpha value is -2.44. The molecule has 2 rings (SSSR count). The molecule has 0 radical (unpaired) electrons. The number of hydrogen-bond acceptors (Lipinski definition) is 4. The van der Waals surface area contributed by atoms with Gasteiger partial charge in [0.25, 0.3) is 0 Å². The molecule has 106 valence electrons. The number of nitrogens with two attached hydrogens (primary N) is 1. The lowest BCUT2D eigenvalue weighted by Crippen LogP contribution is -2.16. The molecule has 7 heteroatoms. The zero-order valence-electron chi connectivity index (χ0n) is 10.4. The summed E-state index contributed by atoms with van der Waals surface area (Å²) in [5, 5.41) is 0. The molecule has 0 fully saturated rings. The summed E-state index contributed by atoms with van der Waals surface area (Å²) in [5.74, 6) is 0.189. The summed E-state index contributed by atoms with van der Waals surface area (Å²) in [7, 11) is 0. The first-order chi connectivity index (χ1) is 9.33. The normalized spacial score (nSPS) is 11.2. The summed E-state index contributed by atoms with van der Waals surface area (Å²) in [6.45, 7) is 1.77. The fourth-order valence-electron chi connectivity index (χ4n) is 1.45. The lowest BCUT2D eigenvalue weighted by Gasteiger charge is -2.10. The van der Waals surface area contributed by atoms with E-state index in [4.69, 9.17) is 10.5 Å². The number of aryl methyl sites for hydroxylation is 1.